The van der Waals surface area contributed by atoms with Crippen molar-refractivity contribution in [3.8, 4) is 0 Å². The molecule has 0 aromatic heterocycles. The highest BCUT2D eigenvalue weighted by Gasteiger charge is 2.48. The molecule has 0 spiro atoms. The largest absolute Gasteiger partial charge is 0.338 e. The van der Waals surface area contributed by atoms with Gasteiger partial charge in [-0.05, 0) is 48.9 Å². The number of likely N-dealkylation sites (tertiary alicyclic amines) is 1. The first kappa shape index (κ1) is 13.5. The molecule has 1 aliphatic carbocycles. The van der Waals surface area contributed by atoms with Gasteiger partial charge in [-0.1, -0.05) is 0 Å². The predicted octanol–water partition coefficient (Wildman–Crippen LogP) is 2.02. The molecule has 2 aliphatic rings. The fourth-order valence-electron chi connectivity index (χ4n) is 3.19. The van der Waals surface area contributed by atoms with Crippen LogP contribution >= 0.6 is 0 Å². The molecule has 3 atom stereocenters. The molecule has 2 fully saturated rings. The lowest BCUT2D eigenvalue weighted by molar-refractivity contribution is -0.133. The maximum Gasteiger partial charge on any atom is 0.226 e. The summed E-state index contributed by atoms with van der Waals surface area (Å²) in [6.07, 6.45) is 2.51. The van der Waals surface area contributed by atoms with Gasteiger partial charge in [-0.2, -0.15) is 0 Å². The van der Waals surface area contributed by atoms with E-state index in [1.165, 1.54) is 6.07 Å². The number of rotatable bonds is 3. The second kappa shape index (κ2) is 5.13. The molecule has 108 valence electrons. The van der Waals surface area contributed by atoms with Gasteiger partial charge in [-0.15, -0.1) is 0 Å². The van der Waals surface area contributed by atoms with Gasteiger partial charge in [0.05, 0.1) is 0 Å². The first-order valence-corrected chi connectivity index (χ1v) is 7.07. The van der Waals surface area contributed by atoms with Gasteiger partial charge in [0.25, 0.3) is 0 Å². The van der Waals surface area contributed by atoms with Crippen molar-refractivity contribution >= 4 is 5.91 Å². The van der Waals surface area contributed by atoms with Crippen molar-refractivity contribution in [3.05, 3.63) is 35.4 Å². The third-order valence-electron chi connectivity index (χ3n) is 4.40. The Kier molecular flexibility index (Phi) is 3.46. The molecule has 3 nitrogen and oxygen atoms in total. The van der Waals surface area contributed by atoms with Crippen LogP contribution in [0.4, 0.5) is 8.78 Å². The Balaban J connectivity index is 1.72. The Labute approximate surface area is 116 Å². The molecule has 0 bridgehead atoms. The van der Waals surface area contributed by atoms with E-state index < -0.39 is 11.6 Å². The summed E-state index contributed by atoms with van der Waals surface area (Å²) in [6, 6.07) is 3.55. The quantitative estimate of drug-likeness (QED) is 0.920. The molecule has 0 radical (unpaired) electrons. The average molecular weight is 280 g/mol. The fraction of sp³-hybridized carbons (Fsp3) is 0.533. The minimum absolute atomic E-state index is 0.0478. The highest BCUT2D eigenvalue weighted by molar-refractivity contribution is 5.83. The van der Waals surface area contributed by atoms with Gasteiger partial charge < -0.3 is 10.6 Å². The summed E-state index contributed by atoms with van der Waals surface area (Å²) in [6.45, 7) is 1.20. The molecule has 1 heterocycles. The van der Waals surface area contributed by atoms with Crippen LogP contribution in [0.5, 0.6) is 0 Å². The maximum atomic E-state index is 13.7. The van der Waals surface area contributed by atoms with Crippen LogP contribution in [0.2, 0.25) is 0 Å². The SMILES string of the molecule is NCC1CCCN1C(=O)C1CC1c1cc(F)ccc1F. The first-order chi connectivity index (χ1) is 9.61. The van der Waals surface area contributed by atoms with E-state index in [0.29, 0.717) is 18.5 Å². The van der Waals surface area contributed by atoms with E-state index >= 15 is 0 Å². The minimum atomic E-state index is -0.458. The standard InChI is InChI=1S/C15H18F2N2O/c16-9-3-4-14(17)12(6-9)11-7-13(11)15(20)19-5-1-2-10(19)8-18/h3-4,6,10-11,13H,1-2,5,7-8,18H2. The predicted molar refractivity (Wildman–Crippen MR) is 71.0 cm³/mol. The number of hydrogen-bond donors (Lipinski definition) is 1. The summed E-state index contributed by atoms with van der Waals surface area (Å²) in [5.74, 6) is -1.23. The smallest absolute Gasteiger partial charge is 0.226 e. The molecule has 5 heteroatoms. The molecule has 1 aliphatic heterocycles. The van der Waals surface area contributed by atoms with Gasteiger partial charge in [0.2, 0.25) is 5.91 Å². The molecular weight excluding hydrogens is 262 g/mol. The zero-order valence-corrected chi connectivity index (χ0v) is 11.2. The zero-order valence-electron chi connectivity index (χ0n) is 11.2. The Bertz CT molecular complexity index is 535. The number of halogens is 2. The number of amides is 1. The van der Waals surface area contributed by atoms with Gasteiger partial charge in [0.15, 0.2) is 0 Å². The van der Waals surface area contributed by atoms with Gasteiger partial charge in [-0.3, -0.25) is 4.79 Å². The van der Waals surface area contributed by atoms with Crippen LogP contribution in [0.15, 0.2) is 18.2 Å². The third-order valence-corrected chi connectivity index (χ3v) is 4.40. The van der Waals surface area contributed by atoms with Crippen LogP contribution in [0, 0.1) is 17.6 Å². The van der Waals surface area contributed by atoms with Crippen molar-refractivity contribution in [1.82, 2.24) is 4.90 Å². The van der Waals surface area contributed by atoms with Crippen LogP contribution in [-0.2, 0) is 4.79 Å². The fourth-order valence-corrected chi connectivity index (χ4v) is 3.19. The number of carbonyl (C=O) groups is 1. The molecule has 1 saturated heterocycles. The Morgan fingerprint density at radius 2 is 2.20 bits per heavy atom. The molecule has 20 heavy (non-hydrogen) atoms. The summed E-state index contributed by atoms with van der Waals surface area (Å²) in [7, 11) is 0. The summed E-state index contributed by atoms with van der Waals surface area (Å²) < 4.78 is 26.9. The lowest BCUT2D eigenvalue weighted by atomic mass is 10.1. The van der Waals surface area contributed by atoms with Crippen molar-refractivity contribution in [2.45, 2.75) is 31.2 Å². The summed E-state index contributed by atoms with van der Waals surface area (Å²) in [5, 5.41) is 0. The molecular formula is C15H18F2N2O. The summed E-state index contributed by atoms with van der Waals surface area (Å²) in [4.78, 5) is 14.2. The normalized spacial score (nSPS) is 28.8. The van der Waals surface area contributed by atoms with E-state index in [2.05, 4.69) is 0 Å². The number of nitrogens with zero attached hydrogens (tertiary/aromatic N) is 1. The maximum absolute atomic E-state index is 13.7. The summed E-state index contributed by atoms with van der Waals surface area (Å²) in [5.41, 5.74) is 5.99. The highest BCUT2D eigenvalue weighted by atomic mass is 19.1. The van der Waals surface area contributed by atoms with Crippen molar-refractivity contribution in [1.29, 1.82) is 0 Å². The van der Waals surface area contributed by atoms with Gasteiger partial charge in [0.1, 0.15) is 11.6 Å². The van der Waals surface area contributed by atoms with Crippen LogP contribution in [0.3, 0.4) is 0 Å². The Morgan fingerprint density at radius 1 is 1.40 bits per heavy atom. The van der Waals surface area contributed by atoms with E-state index in [1.807, 2.05) is 4.90 Å². The number of hydrogen-bond acceptors (Lipinski definition) is 2. The van der Waals surface area contributed by atoms with E-state index in [0.717, 1.165) is 31.5 Å². The van der Waals surface area contributed by atoms with Crippen LogP contribution in [0.1, 0.15) is 30.7 Å². The van der Waals surface area contributed by atoms with Crippen molar-refractivity contribution in [3.63, 3.8) is 0 Å². The summed E-state index contributed by atoms with van der Waals surface area (Å²) >= 11 is 0. The van der Waals surface area contributed by atoms with Crippen molar-refractivity contribution in [2.75, 3.05) is 13.1 Å². The van der Waals surface area contributed by atoms with Gasteiger partial charge in [0, 0.05) is 25.0 Å². The average Bonchev–Trinajstić information content (AvgIpc) is 3.09. The molecule has 2 N–H and O–H groups in total. The van der Waals surface area contributed by atoms with E-state index in [4.69, 9.17) is 5.73 Å². The van der Waals surface area contributed by atoms with E-state index in [9.17, 15) is 13.6 Å². The van der Waals surface area contributed by atoms with E-state index in [-0.39, 0.29) is 23.8 Å². The Morgan fingerprint density at radius 3 is 2.95 bits per heavy atom. The lowest BCUT2D eigenvalue weighted by Crippen LogP contribution is -2.40. The van der Waals surface area contributed by atoms with Gasteiger partial charge >= 0.3 is 0 Å². The van der Waals surface area contributed by atoms with Crippen LogP contribution in [-0.4, -0.2) is 29.9 Å². The van der Waals surface area contributed by atoms with E-state index in [1.54, 1.807) is 0 Å². The Hall–Kier alpha value is -1.49. The van der Waals surface area contributed by atoms with Crippen LogP contribution < -0.4 is 5.73 Å². The molecule has 1 saturated carbocycles. The first-order valence-electron chi connectivity index (χ1n) is 7.07. The van der Waals surface area contributed by atoms with Crippen molar-refractivity contribution < 1.29 is 13.6 Å². The van der Waals surface area contributed by atoms with Crippen LogP contribution in [0.25, 0.3) is 0 Å². The topological polar surface area (TPSA) is 46.3 Å². The lowest BCUT2D eigenvalue weighted by Gasteiger charge is -2.23. The molecule has 3 unspecified atom stereocenters. The molecule has 1 amide bonds. The van der Waals surface area contributed by atoms with Crippen molar-refractivity contribution in [2.24, 2.45) is 11.7 Å². The zero-order chi connectivity index (χ0) is 14.3. The second-order valence-corrected chi connectivity index (χ2v) is 5.68. The number of nitrogens with two attached hydrogens (primary N) is 1. The number of benzene rings is 1. The highest BCUT2D eigenvalue weighted by Crippen LogP contribution is 2.50. The van der Waals surface area contributed by atoms with Gasteiger partial charge in [-0.25, -0.2) is 8.78 Å². The molecule has 1 aromatic carbocycles. The molecule has 3 rings (SSSR count). The third kappa shape index (κ3) is 2.30. The minimum Gasteiger partial charge on any atom is -0.338 e. The monoisotopic (exact) mass is 280 g/mol. The second-order valence-electron chi connectivity index (χ2n) is 5.68. The molecule has 1 aromatic rings. The number of carbonyl (C=O) groups excluding carboxylic acids is 1.